The minimum Gasteiger partial charge on any atom is -0.489 e. The van der Waals surface area contributed by atoms with Crippen molar-refractivity contribution < 1.29 is 28.9 Å². The predicted octanol–water partition coefficient (Wildman–Crippen LogP) is 1.75. The molecule has 2 amide bonds. The molecule has 41 heavy (non-hydrogen) atoms. The van der Waals surface area contributed by atoms with Crippen molar-refractivity contribution in [2.24, 2.45) is 5.92 Å². The number of carbonyl (C=O) groups excluding carboxylic acids is 2. The van der Waals surface area contributed by atoms with Gasteiger partial charge < -0.3 is 30.9 Å². The molecular formula is C31H43FN4O5. The summed E-state index contributed by atoms with van der Waals surface area (Å²) in [6.07, 6.45) is 0.991. The van der Waals surface area contributed by atoms with Crippen LogP contribution < -0.4 is 20.7 Å². The van der Waals surface area contributed by atoms with Crippen molar-refractivity contribution in [2.45, 2.75) is 82.5 Å². The van der Waals surface area contributed by atoms with Gasteiger partial charge in [0.25, 0.3) is 0 Å². The van der Waals surface area contributed by atoms with E-state index in [2.05, 4.69) is 16.0 Å². The third-order valence-corrected chi connectivity index (χ3v) is 7.88. The molecule has 0 bridgehead atoms. The van der Waals surface area contributed by atoms with Gasteiger partial charge >= 0.3 is 0 Å². The smallest absolute Gasteiger partial charge is 0.242 e. The van der Waals surface area contributed by atoms with E-state index in [-0.39, 0.29) is 30.4 Å². The second kappa shape index (κ2) is 14.2. The summed E-state index contributed by atoms with van der Waals surface area (Å²) in [7, 11) is 1.60. The number of ether oxygens (including phenoxy) is 1. The van der Waals surface area contributed by atoms with Crippen molar-refractivity contribution in [3.05, 3.63) is 65.5 Å². The zero-order chi connectivity index (χ0) is 29.5. The van der Waals surface area contributed by atoms with Crippen LogP contribution in [-0.2, 0) is 22.4 Å². The van der Waals surface area contributed by atoms with E-state index in [0.717, 1.165) is 24.2 Å². The van der Waals surface area contributed by atoms with E-state index in [1.165, 1.54) is 24.0 Å². The number of likely N-dealkylation sites (N-methyl/N-ethyl adjacent to an activating group) is 1. The molecule has 1 fully saturated rings. The summed E-state index contributed by atoms with van der Waals surface area (Å²) in [5.74, 6) is -0.343. The van der Waals surface area contributed by atoms with E-state index in [0.29, 0.717) is 31.5 Å². The number of aryl methyl sites for hydroxylation is 1. The molecule has 1 aliphatic carbocycles. The summed E-state index contributed by atoms with van der Waals surface area (Å²) in [6.45, 7) is 4.32. The van der Waals surface area contributed by atoms with E-state index < -0.39 is 36.1 Å². The highest BCUT2D eigenvalue weighted by Crippen LogP contribution is 2.35. The highest BCUT2D eigenvalue weighted by Gasteiger charge is 2.42. The summed E-state index contributed by atoms with van der Waals surface area (Å²) >= 11 is 0. The Kier molecular flexibility index (Phi) is 10.7. The monoisotopic (exact) mass is 570 g/mol. The number of carbonyl (C=O) groups is 2. The standard InChI is InChI=1S/C31H43FN4O5/c1-19-18-34-27(23-12-13-23)31(40)36(3)28(20(2)37)30(39)35-25(17-21-10-14-24(32)15-11-21)29(38)33-16-6-8-22-7-4-5-9-26(22)41-19/h4-5,7,9-11,14-15,19-20,23,25,27-28,31,34,37,40H,6,8,12-13,16-18H2,1-3H3,(H,33,38)(H,35,39)/t19-,20?,25-,27+,28+,31?/m1/s1. The number of amides is 2. The summed E-state index contributed by atoms with van der Waals surface area (Å²) in [5, 5.41) is 31.2. The Morgan fingerprint density at radius 1 is 1.10 bits per heavy atom. The fourth-order valence-electron chi connectivity index (χ4n) is 5.46. The largest absolute Gasteiger partial charge is 0.489 e. The Balaban J connectivity index is 1.61. The SMILES string of the molecule is CC(O)[C@H]1C(=O)N[C@H](Cc2ccc(F)cc2)C(=O)NCCCc2ccccc2O[C@H](C)CN[C@@H](C2CC2)C(O)N1C. The van der Waals surface area contributed by atoms with Crippen LogP contribution in [0.4, 0.5) is 4.39 Å². The van der Waals surface area contributed by atoms with Crippen LogP contribution in [0.5, 0.6) is 5.75 Å². The number of fused-ring (bicyclic) bond motifs is 1. The molecular weight excluding hydrogens is 527 g/mol. The molecule has 4 rings (SSSR count). The third kappa shape index (κ3) is 8.48. The van der Waals surface area contributed by atoms with Crippen LogP contribution in [-0.4, -0.2) is 83.6 Å². The van der Waals surface area contributed by atoms with Crippen LogP contribution in [0.2, 0.25) is 0 Å². The van der Waals surface area contributed by atoms with Crippen LogP contribution in [0.15, 0.2) is 48.5 Å². The summed E-state index contributed by atoms with van der Waals surface area (Å²) in [6, 6.07) is 11.2. The van der Waals surface area contributed by atoms with Gasteiger partial charge in [0.15, 0.2) is 0 Å². The summed E-state index contributed by atoms with van der Waals surface area (Å²) < 4.78 is 19.8. The molecule has 0 saturated heterocycles. The highest BCUT2D eigenvalue weighted by molar-refractivity contribution is 5.90. The Labute approximate surface area is 241 Å². The van der Waals surface area contributed by atoms with Gasteiger partial charge in [0.2, 0.25) is 11.8 Å². The van der Waals surface area contributed by atoms with Gasteiger partial charge in [-0.25, -0.2) is 4.39 Å². The van der Waals surface area contributed by atoms with E-state index in [4.69, 9.17) is 4.74 Å². The lowest BCUT2D eigenvalue weighted by Crippen LogP contribution is -2.62. The number of halogens is 1. The molecule has 9 nitrogen and oxygen atoms in total. The molecule has 0 radical (unpaired) electrons. The molecule has 2 unspecified atom stereocenters. The van der Waals surface area contributed by atoms with Gasteiger partial charge in [-0.1, -0.05) is 30.3 Å². The first kappa shape index (κ1) is 30.9. The fraction of sp³-hybridized carbons (Fsp3) is 0.548. The van der Waals surface area contributed by atoms with Crippen molar-refractivity contribution in [3.8, 4) is 5.75 Å². The number of aliphatic hydroxyl groups is 2. The molecule has 224 valence electrons. The van der Waals surface area contributed by atoms with Crippen molar-refractivity contribution in [3.63, 3.8) is 0 Å². The normalized spacial score (nSPS) is 28.3. The Morgan fingerprint density at radius 3 is 2.49 bits per heavy atom. The van der Waals surface area contributed by atoms with E-state index in [1.54, 1.807) is 19.2 Å². The number of nitrogens with zero attached hydrogens (tertiary/aromatic N) is 1. The Morgan fingerprint density at radius 2 is 1.80 bits per heavy atom. The minimum absolute atomic E-state index is 0.136. The van der Waals surface area contributed by atoms with Crippen molar-refractivity contribution in [1.82, 2.24) is 20.9 Å². The molecule has 1 heterocycles. The first-order valence-corrected chi connectivity index (χ1v) is 14.5. The fourth-order valence-corrected chi connectivity index (χ4v) is 5.46. The van der Waals surface area contributed by atoms with Crippen LogP contribution in [0, 0.1) is 11.7 Å². The first-order valence-electron chi connectivity index (χ1n) is 14.5. The summed E-state index contributed by atoms with van der Waals surface area (Å²) in [4.78, 5) is 28.4. The lowest BCUT2D eigenvalue weighted by Gasteiger charge is -2.38. The third-order valence-electron chi connectivity index (χ3n) is 7.88. The number of hydrogen-bond donors (Lipinski definition) is 5. The van der Waals surface area contributed by atoms with Gasteiger partial charge in [0.1, 0.15) is 36.0 Å². The minimum atomic E-state index is -1.13. The van der Waals surface area contributed by atoms with Gasteiger partial charge in [0.05, 0.1) is 6.10 Å². The molecule has 0 spiro atoms. The van der Waals surface area contributed by atoms with Gasteiger partial charge in [-0.15, -0.1) is 0 Å². The van der Waals surface area contributed by atoms with Gasteiger partial charge in [-0.3, -0.25) is 14.5 Å². The molecule has 10 heteroatoms. The summed E-state index contributed by atoms with van der Waals surface area (Å²) in [5.41, 5.74) is 1.71. The lowest BCUT2D eigenvalue weighted by atomic mass is 10.0. The molecule has 2 aromatic rings. The number of para-hydroxylation sites is 1. The number of hydrogen-bond acceptors (Lipinski definition) is 7. The lowest BCUT2D eigenvalue weighted by molar-refractivity contribution is -0.140. The zero-order valence-corrected chi connectivity index (χ0v) is 24.1. The topological polar surface area (TPSA) is 123 Å². The first-order chi connectivity index (χ1) is 19.6. The molecule has 2 aromatic carbocycles. The molecule has 5 N–H and O–H groups in total. The second-order valence-corrected chi connectivity index (χ2v) is 11.4. The van der Waals surface area contributed by atoms with Crippen molar-refractivity contribution in [2.75, 3.05) is 20.1 Å². The molecule has 1 saturated carbocycles. The van der Waals surface area contributed by atoms with Gasteiger partial charge in [-0.2, -0.15) is 0 Å². The van der Waals surface area contributed by atoms with Crippen molar-refractivity contribution in [1.29, 1.82) is 0 Å². The van der Waals surface area contributed by atoms with E-state index in [1.807, 2.05) is 31.2 Å². The molecule has 2 aliphatic rings. The van der Waals surface area contributed by atoms with Crippen molar-refractivity contribution >= 4 is 11.8 Å². The molecule has 0 aromatic heterocycles. The number of benzene rings is 2. The Bertz CT molecular complexity index is 1160. The average molecular weight is 571 g/mol. The second-order valence-electron chi connectivity index (χ2n) is 11.4. The predicted molar refractivity (Wildman–Crippen MR) is 154 cm³/mol. The zero-order valence-electron chi connectivity index (χ0n) is 24.1. The number of rotatable bonds is 4. The molecule has 1 aliphatic heterocycles. The van der Waals surface area contributed by atoms with E-state index >= 15 is 0 Å². The number of aliphatic hydroxyl groups excluding tert-OH is 2. The quantitative estimate of drug-likeness (QED) is 0.380. The van der Waals surface area contributed by atoms with Crippen LogP contribution in [0.25, 0.3) is 0 Å². The average Bonchev–Trinajstić information content (AvgIpc) is 3.77. The maximum absolute atomic E-state index is 13.6. The maximum Gasteiger partial charge on any atom is 0.242 e. The Hall–Kier alpha value is -3.05. The molecule has 6 atom stereocenters. The van der Waals surface area contributed by atoms with E-state index in [9.17, 15) is 24.2 Å². The van der Waals surface area contributed by atoms with Crippen LogP contribution in [0.3, 0.4) is 0 Å². The highest BCUT2D eigenvalue weighted by atomic mass is 19.1. The van der Waals surface area contributed by atoms with Crippen LogP contribution >= 0.6 is 0 Å². The maximum atomic E-state index is 13.6. The van der Waals surface area contributed by atoms with Gasteiger partial charge in [-0.05, 0) is 81.8 Å². The number of nitrogens with one attached hydrogen (secondary N) is 3. The van der Waals surface area contributed by atoms with Gasteiger partial charge in [0, 0.05) is 25.6 Å². The van der Waals surface area contributed by atoms with Crippen LogP contribution in [0.1, 0.15) is 44.2 Å².